The molecule has 1 saturated heterocycles. The maximum Gasteiger partial charge on any atom is 0.253 e. The van der Waals surface area contributed by atoms with Crippen LogP contribution in [-0.4, -0.2) is 42.0 Å². The third-order valence-corrected chi connectivity index (χ3v) is 4.15. The summed E-state index contributed by atoms with van der Waals surface area (Å²) in [5, 5.41) is 3.06. The van der Waals surface area contributed by atoms with Gasteiger partial charge in [0.15, 0.2) is 0 Å². The van der Waals surface area contributed by atoms with Crippen molar-refractivity contribution in [2.45, 2.75) is 13.5 Å². The molecule has 120 valence electrons. The lowest BCUT2D eigenvalue weighted by molar-refractivity contribution is -0.129. The number of nitrogens with zero attached hydrogens (tertiary/aromatic N) is 3. The van der Waals surface area contributed by atoms with Gasteiger partial charge in [-0.05, 0) is 17.7 Å². The van der Waals surface area contributed by atoms with E-state index < -0.39 is 10.9 Å². The molecule has 1 aliphatic heterocycles. The topological polar surface area (TPSA) is 82.6 Å². The molecule has 1 N–H and O–H groups in total. The number of hydrogen-bond acceptors (Lipinski definition) is 6. The van der Waals surface area contributed by atoms with Crippen molar-refractivity contribution in [2.24, 2.45) is 0 Å². The Morgan fingerprint density at radius 2 is 1.78 bits per heavy atom. The molecule has 2 heterocycles. The van der Waals surface area contributed by atoms with Crippen LogP contribution in [0.3, 0.4) is 0 Å². The van der Waals surface area contributed by atoms with E-state index in [1.807, 2.05) is 17.0 Å². The molecule has 0 radical (unpaired) electrons. The molecule has 0 unspecified atom stereocenters. The van der Waals surface area contributed by atoms with Gasteiger partial charge in [-0.1, -0.05) is 0 Å². The van der Waals surface area contributed by atoms with Crippen LogP contribution in [0.2, 0.25) is 0 Å². The summed E-state index contributed by atoms with van der Waals surface area (Å²) in [6.07, 6.45) is 3.36. The van der Waals surface area contributed by atoms with Gasteiger partial charge >= 0.3 is 0 Å². The van der Waals surface area contributed by atoms with Gasteiger partial charge < -0.3 is 15.1 Å². The summed E-state index contributed by atoms with van der Waals surface area (Å²) in [6.45, 7) is 4.26. The summed E-state index contributed by atoms with van der Waals surface area (Å²) in [5.41, 5.74) is 0.900. The molecule has 1 aromatic carbocycles. The first kappa shape index (κ1) is 15.2. The minimum Gasteiger partial charge on any atom is -0.376 e. The summed E-state index contributed by atoms with van der Waals surface area (Å²) in [5.74, 6) is 0.0330. The second-order valence-electron chi connectivity index (χ2n) is 5.58. The average molecular weight is 314 g/mol. The molecule has 1 aliphatic rings. The van der Waals surface area contributed by atoms with Crippen LogP contribution in [0.5, 0.6) is 0 Å². The highest BCUT2D eigenvalue weighted by atomic mass is 16.2. The van der Waals surface area contributed by atoms with E-state index in [-0.39, 0.29) is 5.91 Å². The monoisotopic (exact) mass is 314 g/mol. The van der Waals surface area contributed by atoms with Gasteiger partial charge in [0.05, 0.1) is 0 Å². The largest absolute Gasteiger partial charge is 0.376 e. The van der Waals surface area contributed by atoms with Gasteiger partial charge in [-0.15, -0.1) is 0 Å². The molecule has 2 aromatic rings. The number of nitrogens with one attached hydrogen (secondary N) is 1. The Balaban J connectivity index is 1.70. The van der Waals surface area contributed by atoms with E-state index in [0.717, 1.165) is 5.56 Å². The minimum atomic E-state index is -0.469. The number of carbonyl (C=O) groups is 1. The number of anilines is 2. The van der Waals surface area contributed by atoms with Crippen molar-refractivity contribution >= 4 is 17.3 Å². The highest BCUT2D eigenvalue weighted by molar-refractivity contribution is 5.76. The fourth-order valence-electron chi connectivity index (χ4n) is 2.78. The lowest BCUT2D eigenvalue weighted by atomic mass is 10.1. The molecule has 23 heavy (non-hydrogen) atoms. The van der Waals surface area contributed by atoms with E-state index in [1.165, 1.54) is 6.92 Å². The standard InChI is InChI=1S/C16H18N4O3/c1-11(21)19-6-8-20(9-7-19)14-13(15(22)16(14)23)18-10-12-2-4-17-5-3-12/h2-5,18H,6-10H2,1H3. The van der Waals surface area contributed by atoms with Crippen molar-refractivity contribution in [3.8, 4) is 0 Å². The van der Waals surface area contributed by atoms with Gasteiger partial charge in [-0.3, -0.25) is 19.4 Å². The second-order valence-corrected chi connectivity index (χ2v) is 5.58. The highest BCUT2D eigenvalue weighted by Gasteiger charge is 2.28. The lowest BCUT2D eigenvalue weighted by Crippen LogP contribution is -2.52. The number of pyridine rings is 1. The second kappa shape index (κ2) is 6.20. The Morgan fingerprint density at radius 1 is 1.13 bits per heavy atom. The summed E-state index contributed by atoms with van der Waals surface area (Å²) in [6, 6.07) is 3.70. The number of hydrogen-bond donors (Lipinski definition) is 1. The van der Waals surface area contributed by atoms with Crippen molar-refractivity contribution in [3.05, 3.63) is 50.5 Å². The van der Waals surface area contributed by atoms with Gasteiger partial charge in [0, 0.05) is 52.0 Å². The predicted octanol–water partition coefficient (Wildman–Crippen LogP) is -0.0418. The van der Waals surface area contributed by atoms with E-state index in [9.17, 15) is 14.4 Å². The van der Waals surface area contributed by atoms with Gasteiger partial charge in [0.1, 0.15) is 11.4 Å². The van der Waals surface area contributed by atoms with Crippen LogP contribution < -0.4 is 21.1 Å². The van der Waals surface area contributed by atoms with Crippen LogP contribution >= 0.6 is 0 Å². The molecule has 0 atom stereocenters. The number of piperazine rings is 1. The van der Waals surface area contributed by atoms with E-state index in [0.29, 0.717) is 44.1 Å². The van der Waals surface area contributed by atoms with Crippen molar-refractivity contribution in [3.63, 3.8) is 0 Å². The Kier molecular flexibility index (Phi) is 4.10. The van der Waals surface area contributed by atoms with Gasteiger partial charge in [0.2, 0.25) is 5.91 Å². The lowest BCUT2D eigenvalue weighted by Gasteiger charge is -2.36. The minimum absolute atomic E-state index is 0.0330. The molecular weight excluding hydrogens is 296 g/mol. The molecule has 1 amide bonds. The van der Waals surface area contributed by atoms with E-state index in [4.69, 9.17) is 0 Å². The number of rotatable bonds is 4. The zero-order valence-corrected chi connectivity index (χ0v) is 12.9. The smallest absolute Gasteiger partial charge is 0.253 e. The van der Waals surface area contributed by atoms with Crippen molar-refractivity contribution in [1.82, 2.24) is 9.88 Å². The molecule has 0 bridgehead atoms. The molecule has 3 rings (SSSR count). The van der Waals surface area contributed by atoms with Gasteiger partial charge in [0.25, 0.3) is 10.9 Å². The number of amides is 1. The zero-order valence-electron chi connectivity index (χ0n) is 12.9. The first-order chi connectivity index (χ1) is 11.1. The van der Waals surface area contributed by atoms with Crippen LogP contribution in [0.1, 0.15) is 12.5 Å². The van der Waals surface area contributed by atoms with E-state index in [1.54, 1.807) is 17.3 Å². The van der Waals surface area contributed by atoms with Crippen LogP contribution in [-0.2, 0) is 11.3 Å². The highest BCUT2D eigenvalue weighted by Crippen LogP contribution is 2.22. The molecule has 0 spiro atoms. The summed E-state index contributed by atoms with van der Waals surface area (Å²) in [7, 11) is 0. The molecular formula is C16H18N4O3. The third kappa shape index (κ3) is 2.94. The summed E-state index contributed by atoms with van der Waals surface area (Å²) >= 11 is 0. The number of carbonyl (C=O) groups excluding carboxylic acids is 1. The number of aromatic nitrogens is 1. The van der Waals surface area contributed by atoms with Crippen LogP contribution in [0.4, 0.5) is 11.4 Å². The fraction of sp³-hybridized carbons (Fsp3) is 0.375. The Morgan fingerprint density at radius 3 is 2.39 bits per heavy atom. The first-order valence-corrected chi connectivity index (χ1v) is 7.54. The quantitative estimate of drug-likeness (QED) is 0.797. The Hall–Kier alpha value is -2.70. The Labute approximate surface area is 133 Å². The summed E-state index contributed by atoms with van der Waals surface area (Å²) in [4.78, 5) is 42.7. The maximum absolute atomic E-state index is 11.9. The summed E-state index contributed by atoms with van der Waals surface area (Å²) < 4.78 is 0. The molecule has 1 fully saturated rings. The maximum atomic E-state index is 11.9. The van der Waals surface area contributed by atoms with Gasteiger partial charge in [-0.2, -0.15) is 0 Å². The van der Waals surface area contributed by atoms with Crippen molar-refractivity contribution in [1.29, 1.82) is 0 Å². The van der Waals surface area contributed by atoms with Crippen LogP contribution in [0, 0.1) is 0 Å². The molecule has 7 nitrogen and oxygen atoms in total. The van der Waals surface area contributed by atoms with Crippen LogP contribution in [0.25, 0.3) is 0 Å². The SMILES string of the molecule is CC(=O)N1CCN(c2c(NCc3ccncc3)c(=O)c2=O)CC1. The van der Waals surface area contributed by atoms with Crippen molar-refractivity contribution < 1.29 is 4.79 Å². The fourth-order valence-corrected chi connectivity index (χ4v) is 2.78. The molecule has 0 saturated carbocycles. The van der Waals surface area contributed by atoms with E-state index in [2.05, 4.69) is 10.3 Å². The third-order valence-electron chi connectivity index (χ3n) is 4.15. The molecule has 1 aromatic heterocycles. The zero-order chi connectivity index (χ0) is 16.4. The van der Waals surface area contributed by atoms with E-state index >= 15 is 0 Å². The average Bonchev–Trinajstić information content (AvgIpc) is 2.58. The molecule has 0 aliphatic carbocycles. The molecule has 7 heteroatoms. The van der Waals surface area contributed by atoms with Crippen molar-refractivity contribution in [2.75, 3.05) is 36.4 Å². The first-order valence-electron chi connectivity index (χ1n) is 7.54. The van der Waals surface area contributed by atoms with Crippen LogP contribution in [0.15, 0.2) is 34.1 Å². The normalized spacial score (nSPS) is 15.0. The van der Waals surface area contributed by atoms with Gasteiger partial charge in [-0.25, -0.2) is 0 Å². The predicted molar refractivity (Wildman–Crippen MR) is 87.4 cm³/mol. The Bertz CT molecular complexity index is 772.